The van der Waals surface area contributed by atoms with Crippen LogP contribution in [0.15, 0.2) is 0 Å². The summed E-state index contributed by atoms with van der Waals surface area (Å²) in [7, 11) is 6.48. The van der Waals surface area contributed by atoms with Crippen LogP contribution in [0.2, 0.25) is 0 Å². The third-order valence-electron chi connectivity index (χ3n) is 4.01. The van der Waals surface area contributed by atoms with Crippen LogP contribution in [0.3, 0.4) is 0 Å². The Morgan fingerprint density at radius 3 is 2.31 bits per heavy atom. The van der Waals surface area contributed by atoms with Crippen molar-refractivity contribution < 1.29 is 5.11 Å². The SMILES string of the molecule is CC(C)C(CO)C(C1CCN(C)C1)N(C)C. The van der Waals surface area contributed by atoms with E-state index in [1.807, 2.05) is 0 Å². The van der Waals surface area contributed by atoms with Crippen LogP contribution in [-0.4, -0.2) is 61.8 Å². The van der Waals surface area contributed by atoms with E-state index in [-0.39, 0.29) is 0 Å². The lowest BCUT2D eigenvalue weighted by Crippen LogP contribution is -2.45. The van der Waals surface area contributed by atoms with Crippen LogP contribution < -0.4 is 0 Å². The highest BCUT2D eigenvalue weighted by Gasteiger charge is 2.35. The first-order valence-electron chi connectivity index (χ1n) is 6.43. The minimum absolute atomic E-state index is 0.306. The van der Waals surface area contributed by atoms with Crippen molar-refractivity contribution in [3.05, 3.63) is 0 Å². The van der Waals surface area contributed by atoms with Gasteiger partial charge in [-0.05, 0) is 45.9 Å². The Morgan fingerprint density at radius 1 is 1.38 bits per heavy atom. The van der Waals surface area contributed by atoms with Gasteiger partial charge in [0.25, 0.3) is 0 Å². The number of aliphatic hydroxyl groups excluding tert-OH is 1. The van der Waals surface area contributed by atoms with Crippen LogP contribution in [0.4, 0.5) is 0 Å². The maximum absolute atomic E-state index is 9.60. The Labute approximate surface area is 100 Å². The van der Waals surface area contributed by atoms with E-state index >= 15 is 0 Å². The third-order valence-corrected chi connectivity index (χ3v) is 4.01. The molecule has 1 aliphatic rings. The van der Waals surface area contributed by atoms with Crippen LogP contribution in [0.1, 0.15) is 20.3 Å². The molecule has 0 aromatic carbocycles. The largest absolute Gasteiger partial charge is 0.396 e. The number of hydrogen-bond donors (Lipinski definition) is 1. The van der Waals surface area contributed by atoms with Gasteiger partial charge in [0.05, 0.1) is 0 Å². The van der Waals surface area contributed by atoms with E-state index in [2.05, 4.69) is 44.8 Å². The number of rotatable bonds is 5. The molecule has 0 amide bonds. The maximum atomic E-state index is 9.60. The van der Waals surface area contributed by atoms with Gasteiger partial charge in [-0.15, -0.1) is 0 Å². The van der Waals surface area contributed by atoms with Gasteiger partial charge in [-0.1, -0.05) is 13.8 Å². The number of hydrogen-bond acceptors (Lipinski definition) is 3. The molecule has 3 nitrogen and oxygen atoms in total. The van der Waals surface area contributed by atoms with Gasteiger partial charge in [-0.25, -0.2) is 0 Å². The lowest BCUT2D eigenvalue weighted by molar-refractivity contribution is 0.0657. The molecular weight excluding hydrogens is 200 g/mol. The highest BCUT2D eigenvalue weighted by Crippen LogP contribution is 2.29. The molecule has 1 saturated heterocycles. The zero-order valence-corrected chi connectivity index (χ0v) is 11.5. The Kier molecular flexibility index (Phi) is 5.22. The quantitative estimate of drug-likeness (QED) is 0.764. The van der Waals surface area contributed by atoms with Gasteiger partial charge in [0, 0.05) is 25.1 Å². The molecule has 0 aromatic rings. The lowest BCUT2D eigenvalue weighted by Gasteiger charge is -2.38. The summed E-state index contributed by atoms with van der Waals surface area (Å²) in [5.41, 5.74) is 0. The third kappa shape index (κ3) is 3.19. The summed E-state index contributed by atoms with van der Waals surface area (Å²) in [5.74, 6) is 1.65. The monoisotopic (exact) mass is 228 g/mol. The molecule has 3 unspecified atom stereocenters. The van der Waals surface area contributed by atoms with Gasteiger partial charge < -0.3 is 14.9 Å². The van der Waals surface area contributed by atoms with Gasteiger partial charge in [0.15, 0.2) is 0 Å². The minimum Gasteiger partial charge on any atom is -0.396 e. The second-order valence-electron chi connectivity index (χ2n) is 5.86. The number of nitrogens with zero attached hydrogens (tertiary/aromatic N) is 2. The zero-order chi connectivity index (χ0) is 12.3. The summed E-state index contributed by atoms with van der Waals surface area (Å²) < 4.78 is 0. The summed E-state index contributed by atoms with van der Waals surface area (Å²) in [5, 5.41) is 9.60. The van der Waals surface area contributed by atoms with Crippen molar-refractivity contribution in [2.45, 2.75) is 26.3 Å². The van der Waals surface area contributed by atoms with Crippen LogP contribution in [0.5, 0.6) is 0 Å². The second-order valence-corrected chi connectivity index (χ2v) is 5.86. The normalized spacial score (nSPS) is 26.6. The standard InChI is InChI=1S/C13H28N2O/c1-10(2)12(9-16)13(14(3)4)11-6-7-15(5)8-11/h10-13,16H,6-9H2,1-5H3. The van der Waals surface area contributed by atoms with Crippen molar-refractivity contribution in [2.75, 3.05) is 40.8 Å². The molecule has 1 fully saturated rings. The maximum Gasteiger partial charge on any atom is 0.0476 e. The number of likely N-dealkylation sites (tertiary alicyclic amines) is 1. The first kappa shape index (κ1) is 13.9. The van der Waals surface area contributed by atoms with E-state index in [4.69, 9.17) is 0 Å². The van der Waals surface area contributed by atoms with Gasteiger partial charge >= 0.3 is 0 Å². The van der Waals surface area contributed by atoms with Crippen LogP contribution in [0, 0.1) is 17.8 Å². The van der Waals surface area contributed by atoms with Crippen LogP contribution in [0.25, 0.3) is 0 Å². The molecule has 0 aromatic heterocycles. The Hall–Kier alpha value is -0.120. The van der Waals surface area contributed by atoms with E-state index in [9.17, 15) is 5.11 Å². The molecule has 1 heterocycles. The van der Waals surface area contributed by atoms with Crippen molar-refractivity contribution in [2.24, 2.45) is 17.8 Å². The molecule has 0 saturated carbocycles. The van der Waals surface area contributed by atoms with E-state index in [1.54, 1.807) is 0 Å². The molecule has 1 N–H and O–H groups in total. The molecule has 0 bridgehead atoms. The average molecular weight is 228 g/mol. The van der Waals surface area contributed by atoms with Crippen molar-refractivity contribution in [1.29, 1.82) is 0 Å². The van der Waals surface area contributed by atoms with Gasteiger partial charge in [-0.3, -0.25) is 0 Å². The molecule has 0 aliphatic carbocycles. The first-order valence-corrected chi connectivity index (χ1v) is 6.43. The fourth-order valence-electron chi connectivity index (χ4n) is 3.12. The van der Waals surface area contributed by atoms with E-state index in [1.165, 1.54) is 19.5 Å². The first-order chi connectivity index (χ1) is 7.47. The van der Waals surface area contributed by atoms with Gasteiger partial charge in [0.1, 0.15) is 0 Å². The van der Waals surface area contributed by atoms with Crippen molar-refractivity contribution in [3.8, 4) is 0 Å². The van der Waals surface area contributed by atoms with E-state index in [0.717, 1.165) is 0 Å². The zero-order valence-electron chi connectivity index (χ0n) is 11.5. The van der Waals surface area contributed by atoms with Crippen molar-refractivity contribution in [1.82, 2.24) is 9.80 Å². The smallest absolute Gasteiger partial charge is 0.0476 e. The van der Waals surface area contributed by atoms with Gasteiger partial charge in [-0.2, -0.15) is 0 Å². The lowest BCUT2D eigenvalue weighted by atomic mass is 9.80. The predicted octanol–water partition coefficient (Wildman–Crippen LogP) is 1.13. The fourth-order valence-corrected chi connectivity index (χ4v) is 3.12. The molecule has 1 rings (SSSR count). The van der Waals surface area contributed by atoms with Crippen LogP contribution >= 0.6 is 0 Å². The average Bonchev–Trinajstić information content (AvgIpc) is 2.59. The van der Waals surface area contributed by atoms with Crippen molar-refractivity contribution >= 4 is 0 Å². The summed E-state index contributed by atoms with van der Waals surface area (Å²) in [6, 6.07) is 0.509. The van der Waals surface area contributed by atoms with Gasteiger partial charge in [0.2, 0.25) is 0 Å². The number of aliphatic hydroxyl groups is 1. The molecule has 96 valence electrons. The molecule has 3 heteroatoms. The van der Waals surface area contributed by atoms with Crippen LogP contribution in [-0.2, 0) is 0 Å². The molecule has 16 heavy (non-hydrogen) atoms. The minimum atomic E-state index is 0.306. The van der Waals surface area contributed by atoms with E-state index < -0.39 is 0 Å². The Bertz CT molecular complexity index is 206. The molecule has 1 aliphatic heterocycles. The summed E-state index contributed by atoms with van der Waals surface area (Å²) in [6.07, 6.45) is 1.27. The fraction of sp³-hybridized carbons (Fsp3) is 1.00. The topological polar surface area (TPSA) is 26.7 Å². The Balaban J connectivity index is 2.73. The molecular formula is C13H28N2O. The summed E-state index contributed by atoms with van der Waals surface area (Å²) >= 11 is 0. The second kappa shape index (κ2) is 5.99. The highest BCUT2D eigenvalue weighted by molar-refractivity contribution is 4.89. The Morgan fingerprint density at radius 2 is 2.00 bits per heavy atom. The highest BCUT2D eigenvalue weighted by atomic mass is 16.3. The van der Waals surface area contributed by atoms with E-state index in [0.29, 0.717) is 30.4 Å². The summed E-state index contributed by atoms with van der Waals surface area (Å²) in [4.78, 5) is 4.71. The molecule has 3 atom stereocenters. The van der Waals surface area contributed by atoms with Crippen molar-refractivity contribution in [3.63, 3.8) is 0 Å². The molecule has 0 spiro atoms. The molecule has 0 radical (unpaired) electrons. The summed E-state index contributed by atoms with van der Waals surface area (Å²) in [6.45, 7) is 7.12. The predicted molar refractivity (Wildman–Crippen MR) is 68.5 cm³/mol.